The van der Waals surface area contributed by atoms with Gasteiger partial charge in [0.25, 0.3) is 0 Å². The van der Waals surface area contributed by atoms with Crippen LogP contribution in [-0.2, 0) is 25.8 Å². The fourth-order valence-corrected chi connectivity index (χ4v) is 5.06. The third-order valence-corrected chi connectivity index (χ3v) is 7.04. The van der Waals surface area contributed by atoms with Crippen LogP contribution in [0.3, 0.4) is 0 Å². The molecule has 0 spiro atoms. The van der Waals surface area contributed by atoms with Gasteiger partial charge in [-0.15, -0.1) is 0 Å². The summed E-state index contributed by atoms with van der Waals surface area (Å²) in [7, 11) is -2.03. The zero-order valence-electron chi connectivity index (χ0n) is 16.3. The molecule has 0 amide bonds. The molecule has 2 aromatic carbocycles. The number of carbonyl (C=O) groups is 2. The Hall–Kier alpha value is -3.01. The van der Waals surface area contributed by atoms with Gasteiger partial charge in [0, 0.05) is 12.0 Å². The second-order valence-electron chi connectivity index (χ2n) is 6.60. The highest BCUT2D eigenvalue weighted by atomic mass is 32.2. The number of ether oxygens (including phenoxy) is 3. The minimum atomic E-state index is -5.44. The molecule has 30 heavy (non-hydrogen) atoms. The highest BCUT2D eigenvalue weighted by Crippen LogP contribution is 2.54. The minimum Gasteiger partial charge on any atom is -0.493 e. The Morgan fingerprint density at radius 3 is 2.13 bits per heavy atom. The summed E-state index contributed by atoms with van der Waals surface area (Å²) in [6.45, 7) is 0. The van der Waals surface area contributed by atoms with E-state index in [9.17, 15) is 18.0 Å². The molecule has 1 aliphatic rings. The van der Waals surface area contributed by atoms with Crippen molar-refractivity contribution in [2.24, 2.45) is 5.41 Å². The molecule has 0 saturated heterocycles. The first-order chi connectivity index (χ1) is 14.1. The van der Waals surface area contributed by atoms with Crippen LogP contribution in [0, 0.1) is 5.41 Å². The number of sulfone groups is 1. The van der Waals surface area contributed by atoms with Crippen molar-refractivity contribution in [2.45, 2.75) is 16.6 Å². The molecule has 1 atom stereocenters. The van der Waals surface area contributed by atoms with Crippen molar-refractivity contribution < 1.29 is 41.0 Å². The fourth-order valence-electron chi connectivity index (χ4n) is 3.54. The Kier molecular flexibility index (Phi) is 5.32. The molecule has 2 aromatic rings. The monoisotopic (exact) mass is 440 g/mol. The number of Topliss-reactive ketones (excluding diaryl/α,β-unsaturated/α-hetero) is 1. The van der Waals surface area contributed by atoms with E-state index in [1.54, 1.807) is 0 Å². The maximum Gasteiger partial charge on any atom is 0.373 e. The summed E-state index contributed by atoms with van der Waals surface area (Å²) in [6.07, 6.45) is -0.882. The smallest absolute Gasteiger partial charge is 0.373 e. The topological polar surface area (TPSA) is 96.0 Å². The maximum atomic E-state index is 15.7. The van der Waals surface area contributed by atoms with Gasteiger partial charge < -0.3 is 14.2 Å². The molecule has 0 radical (unpaired) electrons. The van der Waals surface area contributed by atoms with E-state index in [4.69, 9.17) is 9.47 Å². The Bertz CT molecular complexity index is 1110. The largest absolute Gasteiger partial charge is 0.493 e. The van der Waals surface area contributed by atoms with E-state index in [2.05, 4.69) is 4.74 Å². The average Bonchev–Trinajstić information content (AvgIpc) is 3.05. The molecule has 1 aliphatic carbocycles. The number of hydrogen-bond donors (Lipinski definition) is 0. The number of benzene rings is 2. The van der Waals surface area contributed by atoms with Crippen LogP contribution in [0.4, 0.5) is 8.78 Å². The molecule has 0 aromatic heterocycles. The lowest BCUT2D eigenvalue weighted by atomic mass is 9.83. The van der Waals surface area contributed by atoms with E-state index < -0.39 is 43.6 Å². The van der Waals surface area contributed by atoms with Crippen LogP contribution in [0.5, 0.6) is 11.5 Å². The van der Waals surface area contributed by atoms with Gasteiger partial charge in [0.05, 0.1) is 26.2 Å². The first-order valence-electron chi connectivity index (χ1n) is 8.64. The van der Waals surface area contributed by atoms with Gasteiger partial charge in [-0.2, -0.15) is 8.78 Å². The Balaban J connectivity index is 2.26. The highest BCUT2D eigenvalue weighted by Gasteiger charge is 2.74. The normalized spacial score (nSPS) is 18.6. The van der Waals surface area contributed by atoms with Gasteiger partial charge in [-0.05, 0) is 29.8 Å². The predicted molar refractivity (Wildman–Crippen MR) is 101 cm³/mol. The van der Waals surface area contributed by atoms with E-state index >= 15 is 8.78 Å². The number of halogens is 2. The first-order valence-corrected chi connectivity index (χ1v) is 10.1. The van der Waals surface area contributed by atoms with Gasteiger partial charge in [0.15, 0.2) is 17.3 Å². The van der Waals surface area contributed by atoms with E-state index in [0.29, 0.717) is 0 Å². The Labute approximate surface area is 171 Å². The summed E-state index contributed by atoms with van der Waals surface area (Å²) in [6, 6.07) is 8.31. The summed E-state index contributed by atoms with van der Waals surface area (Å²) in [5.41, 5.74) is -3.54. The van der Waals surface area contributed by atoms with Gasteiger partial charge in [-0.25, -0.2) is 8.42 Å². The summed E-state index contributed by atoms with van der Waals surface area (Å²) in [5.74, 6) is -2.81. The van der Waals surface area contributed by atoms with Gasteiger partial charge in [-0.3, -0.25) is 9.59 Å². The third-order valence-electron chi connectivity index (χ3n) is 5.12. The van der Waals surface area contributed by atoms with Crippen LogP contribution in [-0.4, -0.2) is 46.8 Å². The average molecular weight is 440 g/mol. The van der Waals surface area contributed by atoms with Crippen LogP contribution in [0.15, 0.2) is 47.4 Å². The van der Waals surface area contributed by atoms with E-state index in [-0.39, 0.29) is 22.6 Å². The minimum absolute atomic E-state index is 0.0194. The second kappa shape index (κ2) is 7.35. The van der Waals surface area contributed by atoms with Crippen molar-refractivity contribution in [3.8, 4) is 11.5 Å². The Morgan fingerprint density at radius 2 is 1.60 bits per heavy atom. The molecule has 0 bridgehead atoms. The molecule has 0 aliphatic heterocycles. The number of ketones is 1. The summed E-state index contributed by atoms with van der Waals surface area (Å²) < 4.78 is 71.8. The molecule has 160 valence electrons. The van der Waals surface area contributed by atoms with Crippen LogP contribution in [0.1, 0.15) is 15.9 Å². The van der Waals surface area contributed by atoms with Crippen molar-refractivity contribution in [3.63, 3.8) is 0 Å². The number of hydrogen-bond acceptors (Lipinski definition) is 7. The first kappa shape index (κ1) is 21.7. The molecule has 7 nitrogen and oxygen atoms in total. The van der Waals surface area contributed by atoms with Crippen LogP contribution < -0.4 is 9.47 Å². The SMILES string of the molecule is COC(=O)C1(C(F)(F)S(=O)(=O)c2ccccc2)Cc2cc(OC)c(OC)cc2C1=O. The lowest BCUT2D eigenvalue weighted by Crippen LogP contribution is -2.56. The Morgan fingerprint density at radius 1 is 1.03 bits per heavy atom. The highest BCUT2D eigenvalue weighted by molar-refractivity contribution is 7.92. The maximum absolute atomic E-state index is 15.7. The van der Waals surface area contributed by atoms with Crippen molar-refractivity contribution in [3.05, 3.63) is 53.6 Å². The quantitative estimate of drug-likeness (QED) is 0.503. The number of carbonyl (C=O) groups excluding carboxylic acids is 2. The predicted octanol–water partition coefficient (Wildman–Crippen LogP) is 2.67. The standard InChI is InChI=1S/C20H18F2O7S/c1-27-15-9-12-11-19(18(24)29-3,17(23)14(12)10-16(15)28-2)20(21,22)30(25,26)13-7-5-4-6-8-13/h4-10H,11H2,1-3H3. The van der Waals surface area contributed by atoms with Crippen molar-refractivity contribution in [2.75, 3.05) is 21.3 Å². The summed E-state index contributed by atoms with van der Waals surface area (Å²) in [4.78, 5) is 25.0. The number of methoxy groups -OCH3 is 3. The van der Waals surface area contributed by atoms with Crippen LogP contribution >= 0.6 is 0 Å². The lowest BCUT2D eigenvalue weighted by Gasteiger charge is -2.32. The van der Waals surface area contributed by atoms with Crippen LogP contribution in [0.2, 0.25) is 0 Å². The zero-order chi connectivity index (χ0) is 22.3. The van der Waals surface area contributed by atoms with E-state index in [0.717, 1.165) is 25.3 Å². The fraction of sp³-hybridized carbons (Fsp3) is 0.300. The molecular formula is C20H18F2O7S. The third kappa shape index (κ3) is 2.78. The summed E-state index contributed by atoms with van der Waals surface area (Å²) in [5, 5.41) is -4.80. The number of esters is 1. The lowest BCUT2D eigenvalue weighted by molar-refractivity contribution is -0.161. The molecule has 3 rings (SSSR count). The molecule has 0 heterocycles. The zero-order valence-corrected chi connectivity index (χ0v) is 17.1. The van der Waals surface area contributed by atoms with Gasteiger partial charge in [0.2, 0.25) is 15.3 Å². The molecular weight excluding hydrogens is 422 g/mol. The molecule has 0 fully saturated rings. The number of rotatable bonds is 6. The van der Waals surface area contributed by atoms with Crippen molar-refractivity contribution in [1.82, 2.24) is 0 Å². The number of fused-ring (bicyclic) bond motifs is 1. The van der Waals surface area contributed by atoms with Gasteiger partial charge in [-0.1, -0.05) is 18.2 Å². The molecule has 0 N–H and O–H groups in total. The molecule has 10 heteroatoms. The van der Waals surface area contributed by atoms with Crippen molar-refractivity contribution >= 4 is 21.6 Å². The summed E-state index contributed by atoms with van der Waals surface area (Å²) >= 11 is 0. The number of alkyl halides is 2. The van der Waals surface area contributed by atoms with E-state index in [1.807, 2.05) is 0 Å². The molecule has 0 saturated carbocycles. The molecule has 1 unspecified atom stereocenters. The van der Waals surface area contributed by atoms with Crippen molar-refractivity contribution in [1.29, 1.82) is 0 Å². The van der Waals surface area contributed by atoms with Gasteiger partial charge in [0.1, 0.15) is 0 Å². The van der Waals surface area contributed by atoms with Crippen LogP contribution in [0.25, 0.3) is 0 Å². The van der Waals surface area contributed by atoms with Gasteiger partial charge >= 0.3 is 11.2 Å². The second-order valence-corrected chi connectivity index (χ2v) is 8.59. The van der Waals surface area contributed by atoms with E-state index in [1.165, 1.54) is 38.5 Å².